The van der Waals surface area contributed by atoms with E-state index < -0.39 is 6.10 Å². The lowest BCUT2D eigenvalue weighted by Gasteiger charge is -2.11. The largest absolute Gasteiger partial charge is 0.386 e. The van der Waals surface area contributed by atoms with Gasteiger partial charge >= 0.3 is 0 Å². The molecule has 1 unspecified atom stereocenters. The van der Waals surface area contributed by atoms with Crippen LogP contribution in [0.25, 0.3) is 11.5 Å². The molecule has 3 aromatic rings. The Morgan fingerprint density at radius 1 is 1.05 bits per heavy atom. The Labute approximate surface area is 115 Å². The standard InChI is InChI=1S/C14H13N5O/c20-13(11-6-2-1-3-7-11)10-19-14(16-17-18-19)12-8-4-5-9-15-12/h1-9,13,20H,10H2. The van der Waals surface area contributed by atoms with E-state index >= 15 is 0 Å². The summed E-state index contributed by atoms with van der Waals surface area (Å²) in [7, 11) is 0. The molecule has 0 fully saturated rings. The van der Waals surface area contributed by atoms with Crippen molar-refractivity contribution in [1.29, 1.82) is 0 Å². The van der Waals surface area contributed by atoms with Gasteiger partial charge in [-0.1, -0.05) is 36.4 Å². The number of nitrogens with zero attached hydrogens (tertiary/aromatic N) is 5. The third-order valence-corrected chi connectivity index (χ3v) is 2.96. The lowest BCUT2D eigenvalue weighted by molar-refractivity contribution is 0.151. The van der Waals surface area contributed by atoms with Crippen molar-refractivity contribution in [2.24, 2.45) is 0 Å². The van der Waals surface area contributed by atoms with Gasteiger partial charge in [0.2, 0.25) is 5.82 Å². The Hall–Kier alpha value is -2.60. The molecule has 2 heterocycles. The van der Waals surface area contributed by atoms with E-state index in [9.17, 15) is 5.11 Å². The highest BCUT2D eigenvalue weighted by atomic mass is 16.3. The summed E-state index contributed by atoms with van der Waals surface area (Å²) in [6, 6.07) is 15.0. The van der Waals surface area contributed by atoms with Gasteiger partial charge in [0.1, 0.15) is 5.69 Å². The van der Waals surface area contributed by atoms with Gasteiger partial charge < -0.3 is 5.11 Å². The van der Waals surface area contributed by atoms with Gasteiger partial charge in [0.25, 0.3) is 0 Å². The molecule has 0 spiro atoms. The van der Waals surface area contributed by atoms with Gasteiger partial charge in [0.15, 0.2) is 0 Å². The molecule has 0 saturated carbocycles. The van der Waals surface area contributed by atoms with E-state index in [-0.39, 0.29) is 6.54 Å². The van der Waals surface area contributed by atoms with Crippen LogP contribution in [0.4, 0.5) is 0 Å². The molecule has 0 saturated heterocycles. The van der Waals surface area contributed by atoms with Crippen LogP contribution in [-0.4, -0.2) is 30.3 Å². The molecule has 0 amide bonds. The van der Waals surface area contributed by atoms with E-state index in [4.69, 9.17) is 0 Å². The van der Waals surface area contributed by atoms with Gasteiger partial charge in [-0.05, 0) is 28.1 Å². The van der Waals surface area contributed by atoms with Gasteiger partial charge in [0, 0.05) is 6.20 Å². The van der Waals surface area contributed by atoms with Gasteiger partial charge in [-0.15, -0.1) is 5.10 Å². The molecule has 0 radical (unpaired) electrons. The van der Waals surface area contributed by atoms with Crippen LogP contribution in [0.2, 0.25) is 0 Å². The summed E-state index contributed by atoms with van der Waals surface area (Å²) in [5.74, 6) is 0.542. The normalized spacial score (nSPS) is 12.2. The molecule has 20 heavy (non-hydrogen) atoms. The summed E-state index contributed by atoms with van der Waals surface area (Å²) in [6.07, 6.45) is 1.02. The van der Waals surface area contributed by atoms with Gasteiger partial charge in [-0.3, -0.25) is 4.98 Å². The van der Waals surface area contributed by atoms with Crippen molar-refractivity contribution in [2.45, 2.75) is 12.6 Å². The van der Waals surface area contributed by atoms with Crippen LogP contribution < -0.4 is 0 Å². The van der Waals surface area contributed by atoms with Crippen molar-refractivity contribution in [3.05, 3.63) is 60.3 Å². The number of aliphatic hydroxyl groups is 1. The highest BCUT2D eigenvalue weighted by Gasteiger charge is 2.14. The Bertz CT molecular complexity index is 668. The molecular formula is C14H13N5O. The number of aliphatic hydroxyl groups excluding tert-OH is 1. The number of aromatic nitrogens is 5. The van der Waals surface area contributed by atoms with Crippen LogP contribution in [0.5, 0.6) is 0 Å². The molecular weight excluding hydrogens is 254 g/mol. The summed E-state index contributed by atoms with van der Waals surface area (Å²) < 4.78 is 1.56. The second-order valence-electron chi connectivity index (χ2n) is 4.33. The zero-order valence-corrected chi connectivity index (χ0v) is 10.7. The molecule has 0 aliphatic rings. The molecule has 0 aliphatic carbocycles. The predicted molar refractivity (Wildman–Crippen MR) is 72.4 cm³/mol. The first kappa shape index (κ1) is 12.4. The summed E-state index contributed by atoms with van der Waals surface area (Å²) >= 11 is 0. The molecule has 6 nitrogen and oxygen atoms in total. The van der Waals surface area contributed by atoms with Crippen molar-refractivity contribution in [2.75, 3.05) is 0 Å². The maximum Gasteiger partial charge on any atom is 0.200 e. The fourth-order valence-electron chi connectivity index (χ4n) is 1.95. The molecule has 1 N–H and O–H groups in total. The van der Waals surface area contributed by atoms with Crippen LogP contribution in [0.3, 0.4) is 0 Å². The summed E-state index contributed by atoms with van der Waals surface area (Å²) in [6.45, 7) is 0.281. The molecule has 2 aromatic heterocycles. The molecule has 0 bridgehead atoms. The van der Waals surface area contributed by atoms with Gasteiger partial charge in [0.05, 0.1) is 12.6 Å². The average Bonchev–Trinajstić information content (AvgIpc) is 2.97. The van der Waals surface area contributed by atoms with Crippen molar-refractivity contribution in [1.82, 2.24) is 25.2 Å². The van der Waals surface area contributed by atoms with E-state index in [1.807, 2.05) is 48.5 Å². The van der Waals surface area contributed by atoms with Crippen LogP contribution in [0.15, 0.2) is 54.7 Å². The van der Waals surface area contributed by atoms with Crippen LogP contribution in [-0.2, 0) is 6.54 Å². The molecule has 1 atom stereocenters. The van der Waals surface area contributed by atoms with E-state index in [1.165, 1.54) is 0 Å². The second-order valence-corrected chi connectivity index (χ2v) is 4.33. The minimum absolute atomic E-state index is 0.281. The molecule has 3 rings (SSSR count). The quantitative estimate of drug-likeness (QED) is 0.774. The molecule has 1 aromatic carbocycles. The number of hydrogen-bond acceptors (Lipinski definition) is 5. The van der Waals surface area contributed by atoms with Crippen LogP contribution in [0.1, 0.15) is 11.7 Å². The number of pyridine rings is 1. The van der Waals surface area contributed by atoms with Crippen molar-refractivity contribution in [3.8, 4) is 11.5 Å². The topological polar surface area (TPSA) is 76.7 Å². The molecule has 0 aliphatic heterocycles. The predicted octanol–water partition coefficient (Wildman–Crippen LogP) is 1.47. The third kappa shape index (κ3) is 2.55. The fraction of sp³-hybridized carbons (Fsp3) is 0.143. The third-order valence-electron chi connectivity index (χ3n) is 2.96. The summed E-state index contributed by atoms with van der Waals surface area (Å²) in [4.78, 5) is 4.22. The molecule has 6 heteroatoms. The van der Waals surface area contributed by atoms with Crippen LogP contribution >= 0.6 is 0 Å². The summed E-state index contributed by atoms with van der Waals surface area (Å²) in [5.41, 5.74) is 1.51. The van der Waals surface area contributed by atoms with Gasteiger partial charge in [-0.2, -0.15) is 0 Å². The van der Waals surface area contributed by atoms with Crippen molar-refractivity contribution < 1.29 is 5.11 Å². The fourth-order valence-corrected chi connectivity index (χ4v) is 1.95. The smallest absolute Gasteiger partial charge is 0.200 e. The van der Waals surface area contributed by atoms with E-state index in [0.29, 0.717) is 11.5 Å². The zero-order chi connectivity index (χ0) is 13.8. The first-order valence-corrected chi connectivity index (χ1v) is 6.25. The monoisotopic (exact) mass is 267 g/mol. The first-order chi connectivity index (χ1) is 9.84. The Morgan fingerprint density at radius 3 is 2.60 bits per heavy atom. The Morgan fingerprint density at radius 2 is 1.85 bits per heavy atom. The minimum atomic E-state index is -0.665. The van der Waals surface area contributed by atoms with Crippen molar-refractivity contribution in [3.63, 3.8) is 0 Å². The van der Waals surface area contributed by atoms with E-state index in [0.717, 1.165) is 5.56 Å². The van der Waals surface area contributed by atoms with Crippen LogP contribution in [0, 0.1) is 0 Å². The van der Waals surface area contributed by atoms with E-state index in [2.05, 4.69) is 20.5 Å². The average molecular weight is 267 g/mol. The SMILES string of the molecule is OC(Cn1nnnc1-c1ccccn1)c1ccccc1. The molecule has 100 valence electrons. The van der Waals surface area contributed by atoms with E-state index in [1.54, 1.807) is 10.9 Å². The second kappa shape index (κ2) is 5.58. The summed E-state index contributed by atoms with van der Waals surface area (Å²) in [5, 5.41) is 21.8. The highest BCUT2D eigenvalue weighted by Crippen LogP contribution is 2.17. The maximum absolute atomic E-state index is 10.2. The highest BCUT2D eigenvalue weighted by molar-refractivity contribution is 5.47. The Kier molecular flexibility index (Phi) is 3.47. The zero-order valence-electron chi connectivity index (χ0n) is 10.7. The number of rotatable bonds is 4. The first-order valence-electron chi connectivity index (χ1n) is 6.25. The lowest BCUT2D eigenvalue weighted by Crippen LogP contribution is -2.11. The number of benzene rings is 1. The minimum Gasteiger partial charge on any atom is -0.386 e. The van der Waals surface area contributed by atoms with Gasteiger partial charge in [-0.25, -0.2) is 4.68 Å². The van der Waals surface area contributed by atoms with Crippen molar-refractivity contribution >= 4 is 0 Å². The number of tetrazole rings is 1. The number of hydrogen-bond donors (Lipinski definition) is 1. The lowest BCUT2D eigenvalue weighted by atomic mass is 10.1. The maximum atomic E-state index is 10.2. The Balaban J connectivity index is 1.84.